The molecule has 2 aromatic carbocycles. The fourth-order valence-corrected chi connectivity index (χ4v) is 3.79. The molecule has 0 aliphatic carbocycles. The number of benzene rings is 2. The highest BCUT2D eigenvalue weighted by Crippen LogP contribution is 2.42. The smallest absolute Gasteiger partial charge is 0.497 e. The van der Waals surface area contributed by atoms with Crippen LogP contribution < -0.4 is 19.5 Å². The molecule has 8 nitrogen and oxygen atoms in total. The van der Waals surface area contributed by atoms with E-state index in [2.05, 4.69) is 25.0 Å². The minimum atomic E-state index is -3.70. The van der Waals surface area contributed by atoms with Gasteiger partial charge in [0.05, 0.1) is 12.9 Å². The summed E-state index contributed by atoms with van der Waals surface area (Å²) in [7, 11) is 1.60. The standard InChI is InChI=1S/C20H18F2N4O4S/c1-3-26-18(12-4-7-14(28-2)8-5-12)24-25-19(26)31-11-17(27)23-13-6-9-15-16(10-13)30-20(21,22)29-15/h4-10H,3,11H2,1-2H3,(H,23,27). The van der Waals surface area contributed by atoms with Crippen LogP contribution in [0.1, 0.15) is 6.92 Å². The van der Waals surface area contributed by atoms with Crippen molar-refractivity contribution in [2.24, 2.45) is 0 Å². The van der Waals surface area contributed by atoms with Crippen LogP contribution in [0.5, 0.6) is 17.2 Å². The van der Waals surface area contributed by atoms with Gasteiger partial charge in [-0.3, -0.25) is 4.79 Å². The molecule has 0 spiro atoms. The monoisotopic (exact) mass is 448 g/mol. The summed E-state index contributed by atoms with van der Waals surface area (Å²) in [6.45, 7) is 2.58. The van der Waals surface area contributed by atoms with Crippen molar-refractivity contribution in [1.82, 2.24) is 14.8 Å². The average molecular weight is 448 g/mol. The number of carbonyl (C=O) groups is 1. The zero-order valence-electron chi connectivity index (χ0n) is 16.6. The second kappa shape index (κ2) is 8.42. The Bertz CT molecular complexity index is 1110. The van der Waals surface area contributed by atoms with Gasteiger partial charge in [0.15, 0.2) is 22.5 Å². The number of anilines is 1. The highest BCUT2D eigenvalue weighted by atomic mass is 32.2. The lowest BCUT2D eigenvalue weighted by molar-refractivity contribution is -0.286. The van der Waals surface area contributed by atoms with Crippen LogP contribution in [0.15, 0.2) is 47.6 Å². The summed E-state index contributed by atoms with van der Waals surface area (Å²) >= 11 is 1.22. The Morgan fingerprint density at radius 1 is 1.16 bits per heavy atom. The Hall–Kier alpha value is -3.34. The Balaban J connectivity index is 1.40. The largest absolute Gasteiger partial charge is 0.586 e. The van der Waals surface area contributed by atoms with Crippen molar-refractivity contribution in [3.05, 3.63) is 42.5 Å². The van der Waals surface area contributed by atoms with E-state index < -0.39 is 6.29 Å². The van der Waals surface area contributed by atoms with Gasteiger partial charge in [-0.15, -0.1) is 19.0 Å². The van der Waals surface area contributed by atoms with Gasteiger partial charge >= 0.3 is 6.29 Å². The molecule has 0 atom stereocenters. The summed E-state index contributed by atoms with van der Waals surface area (Å²) in [5.74, 6) is 0.942. The lowest BCUT2D eigenvalue weighted by Gasteiger charge is -2.08. The van der Waals surface area contributed by atoms with Gasteiger partial charge < -0.3 is 24.1 Å². The highest BCUT2D eigenvalue weighted by Gasteiger charge is 2.43. The van der Waals surface area contributed by atoms with E-state index in [-0.39, 0.29) is 23.2 Å². The van der Waals surface area contributed by atoms with Gasteiger partial charge in [0.1, 0.15) is 5.75 Å². The second-order valence-corrected chi connectivity index (χ2v) is 7.39. The van der Waals surface area contributed by atoms with Gasteiger partial charge in [-0.25, -0.2) is 0 Å². The minimum Gasteiger partial charge on any atom is -0.497 e. The number of fused-ring (bicyclic) bond motifs is 1. The third kappa shape index (κ3) is 4.55. The summed E-state index contributed by atoms with van der Waals surface area (Å²) in [5.41, 5.74) is 1.20. The zero-order valence-corrected chi connectivity index (χ0v) is 17.4. The van der Waals surface area contributed by atoms with E-state index in [0.717, 1.165) is 11.3 Å². The van der Waals surface area contributed by atoms with E-state index in [1.165, 1.54) is 30.0 Å². The van der Waals surface area contributed by atoms with Crippen molar-refractivity contribution < 1.29 is 27.8 Å². The van der Waals surface area contributed by atoms with Gasteiger partial charge in [-0.2, -0.15) is 0 Å². The lowest BCUT2D eigenvalue weighted by atomic mass is 10.2. The quantitative estimate of drug-likeness (QED) is 0.546. The molecular weight excluding hydrogens is 430 g/mol. The normalized spacial score (nSPS) is 13.8. The first-order chi connectivity index (χ1) is 14.9. The topological polar surface area (TPSA) is 87.5 Å². The van der Waals surface area contributed by atoms with Gasteiger partial charge in [0.2, 0.25) is 5.91 Å². The van der Waals surface area contributed by atoms with Crippen molar-refractivity contribution in [2.75, 3.05) is 18.2 Å². The summed E-state index contributed by atoms with van der Waals surface area (Å²) in [6.07, 6.45) is -3.70. The maximum absolute atomic E-state index is 13.1. The van der Waals surface area contributed by atoms with Gasteiger partial charge in [-0.1, -0.05) is 11.8 Å². The number of carbonyl (C=O) groups excluding carboxylic acids is 1. The molecule has 0 saturated heterocycles. The number of hydrogen-bond donors (Lipinski definition) is 1. The van der Waals surface area contributed by atoms with E-state index in [9.17, 15) is 13.6 Å². The van der Waals surface area contributed by atoms with Crippen LogP contribution in [0.2, 0.25) is 0 Å². The molecule has 162 valence electrons. The van der Waals surface area contributed by atoms with E-state index in [1.54, 1.807) is 7.11 Å². The molecule has 1 aliphatic heterocycles. The maximum Gasteiger partial charge on any atom is 0.586 e. The van der Waals surface area contributed by atoms with Crippen molar-refractivity contribution in [3.63, 3.8) is 0 Å². The number of nitrogens with one attached hydrogen (secondary N) is 1. The van der Waals surface area contributed by atoms with E-state index in [0.29, 0.717) is 23.2 Å². The van der Waals surface area contributed by atoms with Gasteiger partial charge in [0.25, 0.3) is 0 Å². The predicted octanol–water partition coefficient (Wildman–Crippen LogP) is 4.03. The van der Waals surface area contributed by atoms with E-state index in [1.807, 2.05) is 35.8 Å². The molecule has 4 rings (SSSR count). The molecule has 0 fully saturated rings. The first-order valence-electron chi connectivity index (χ1n) is 9.28. The van der Waals surface area contributed by atoms with Crippen LogP contribution >= 0.6 is 11.8 Å². The van der Waals surface area contributed by atoms with E-state index >= 15 is 0 Å². The highest BCUT2D eigenvalue weighted by molar-refractivity contribution is 7.99. The minimum absolute atomic E-state index is 0.0609. The van der Waals surface area contributed by atoms with Crippen molar-refractivity contribution in [3.8, 4) is 28.6 Å². The number of methoxy groups -OCH3 is 1. The fraction of sp³-hybridized carbons (Fsp3) is 0.250. The third-order valence-electron chi connectivity index (χ3n) is 4.40. The van der Waals surface area contributed by atoms with Crippen LogP contribution in [0, 0.1) is 0 Å². The molecule has 2 heterocycles. The second-order valence-electron chi connectivity index (χ2n) is 6.44. The average Bonchev–Trinajstić information content (AvgIpc) is 3.30. The maximum atomic E-state index is 13.1. The molecule has 1 aliphatic rings. The Kier molecular flexibility index (Phi) is 5.68. The number of nitrogens with zero attached hydrogens (tertiary/aromatic N) is 3. The number of hydrogen-bond acceptors (Lipinski definition) is 7. The number of thioether (sulfide) groups is 1. The summed E-state index contributed by atoms with van der Waals surface area (Å²) in [6, 6.07) is 11.5. The zero-order chi connectivity index (χ0) is 22.0. The third-order valence-corrected chi connectivity index (χ3v) is 5.37. The van der Waals surface area contributed by atoms with Gasteiger partial charge in [0, 0.05) is 23.9 Å². The molecule has 31 heavy (non-hydrogen) atoms. The number of halogens is 2. The van der Waals surface area contributed by atoms with Crippen LogP contribution in [-0.4, -0.2) is 39.8 Å². The van der Waals surface area contributed by atoms with Crippen LogP contribution in [0.4, 0.5) is 14.5 Å². The summed E-state index contributed by atoms with van der Waals surface area (Å²) in [4.78, 5) is 12.3. The van der Waals surface area contributed by atoms with Crippen molar-refractivity contribution >= 4 is 23.4 Å². The van der Waals surface area contributed by atoms with Crippen molar-refractivity contribution in [1.29, 1.82) is 0 Å². The Morgan fingerprint density at radius 2 is 1.90 bits per heavy atom. The summed E-state index contributed by atoms with van der Waals surface area (Å²) < 4.78 is 42.0. The van der Waals surface area contributed by atoms with Crippen LogP contribution in [0.3, 0.4) is 0 Å². The van der Waals surface area contributed by atoms with E-state index in [4.69, 9.17) is 4.74 Å². The molecular formula is C20H18F2N4O4S. The number of rotatable bonds is 7. The van der Waals surface area contributed by atoms with Crippen LogP contribution in [0.25, 0.3) is 11.4 Å². The molecule has 0 bridgehead atoms. The first-order valence-corrected chi connectivity index (χ1v) is 10.3. The number of aromatic nitrogens is 3. The Morgan fingerprint density at radius 3 is 2.61 bits per heavy atom. The Labute approximate surface area is 180 Å². The van der Waals surface area contributed by atoms with Crippen molar-refractivity contribution in [2.45, 2.75) is 24.9 Å². The molecule has 0 radical (unpaired) electrons. The molecule has 1 amide bonds. The van der Waals surface area contributed by atoms with Gasteiger partial charge in [-0.05, 0) is 43.3 Å². The molecule has 0 saturated carbocycles. The molecule has 1 N–H and O–H groups in total. The first kappa shape index (κ1) is 20.9. The molecule has 3 aromatic rings. The number of alkyl halides is 2. The summed E-state index contributed by atoms with van der Waals surface area (Å²) in [5, 5.41) is 11.7. The van der Waals surface area contributed by atoms with Crippen LogP contribution in [-0.2, 0) is 11.3 Å². The molecule has 0 unspecified atom stereocenters. The molecule has 1 aromatic heterocycles. The SMILES string of the molecule is CCn1c(SCC(=O)Nc2ccc3c(c2)OC(F)(F)O3)nnc1-c1ccc(OC)cc1. The molecule has 11 heteroatoms. The number of amides is 1. The number of ether oxygens (including phenoxy) is 3. The predicted molar refractivity (Wildman–Crippen MR) is 110 cm³/mol. The lowest BCUT2D eigenvalue weighted by Crippen LogP contribution is -2.25. The fourth-order valence-electron chi connectivity index (χ4n) is 2.99.